The molecule has 4 heteroatoms. The summed E-state index contributed by atoms with van der Waals surface area (Å²) in [6.45, 7) is 0. The molecule has 17 heavy (non-hydrogen) atoms. The van der Waals surface area contributed by atoms with E-state index in [0.29, 0.717) is 6.42 Å². The first kappa shape index (κ1) is 11.4. The predicted molar refractivity (Wildman–Crippen MR) is 64.0 cm³/mol. The van der Waals surface area contributed by atoms with Crippen molar-refractivity contribution in [2.45, 2.75) is 12.8 Å². The van der Waals surface area contributed by atoms with E-state index in [0.717, 1.165) is 12.1 Å². The highest BCUT2D eigenvalue weighted by atomic mass is 16.4. The smallest absolute Gasteiger partial charge is 0.356 e. The molecule has 0 amide bonds. The molecular weight excluding hydrogens is 216 g/mol. The number of hydrogen-bond donors (Lipinski definition) is 1. The summed E-state index contributed by atoms with van der Waals surface area (Å²) in [7, 11) is 1.82. The Labute approximate surface area is 99.5 Å². The number of carboxylic acid groups (broad SMARTS) is 1. The Kier molecular flexibility index (Phi) is 3.23. The van der Waals surface area contributed by atoms with E-state index < -0.39 is 5.97 Å². The van der Waals surface area contributed by atoms with E-state index in [9.17, 15) is 4.79 Å². The topological polar surface area (TPSA) is 55.1 Å². The molecule has 1 aromatic heterocycles. The summed E-state index contributed by atoms with van der Waals surface area (Å²) < 4.78 is 1.77. The lowest BCUT2D eigenvalue weighted by Gasteiger charge is -2.04. The van der Waals surface area contributed by atoms with Gasteiger partial charge in [0, 0.05) is 7.05 Å². The van der Waals surface area contributed by atoms with Gasteiger partial charge in [0.25, 0.3) is 0 Å². The number of hydrogen-bond acceptors (Lipinski definition) is 2. The maximum absolute atomic E-state index is 11.0. The van der Waals surface area contributed by atoms with Crippen molar-refractivity contribution in [1.82, 2.24) is 9.55 Å². The molecule has 0 bridgehead atoms. The predicted octanol–water partition coefficient (Wildman–Crippen LogP) is 1.90. The summed E-state index contributed by atoms with van der Waals surface area (Å²) in [5, 5.41) is 9.00. The van der Waals surface area contributed by atoms with Gasteiger partial charge in [-0.15, -0.1) is 0 Å². The average molecular weight is 230 g/mol. The Balaban J connectivity index is 2.14. The lowest BCUT2D eigenvalue weighted by molar-refractivity contribution is 0.0689. The molecule has 1 N–H and O–H groups in total. The van der Waals surface area contributed by atoms with Gasteiger partial charge in [-0.05, 0) is 18.4 Å². The quantitative estimate of drug-likeness (QED) is 0.872. The van der Waals surface area contributed by atoms with Gasteiger partial charge in [-0.1, -0.05) is 30.3 Å². The van der Waals surface area contributed by atoms with Crippen LogP contribution in [-0.2, 0) is 19.9 Å². The van der Waals surface area contributed by atoms with Crippen molar-refractivity contribution in [3.05, 3.63) is 53.6 Å². The second-order valence-electron chi connectivity index (χ2n) is 3.94. The van der Waals surface area contributed by atoms with Crippen LogP contribution < -0.4 is 0 Å². The van der Waals surface area contributed by atoms with Gasteiger partial charge < -0.3 is 9.67 Å². The first-order chi connectivity index (χ1) is 8.18. The lowest BCUT2D eigenvalue weighted by Crippen LogP contribution is -2.06. The Hall–Kier alpha value is -2.10. The third-order valence-electron chi connectivity index (χ3n) is 2.76. The molecule has 0 saturated heterocycles. The zero-order valence-electron chi connectivity index (χ0n) is 9.63. The van der Waals surface area contributed by atoms with E-state index in [1.165, 1.54) is 5.56 Å². The van der Waals surface area contributed by atoms with Crippen LogP contribution in [0.3, 0.4) is 0 Å². The third kappa shape index (κ3) is 2.53. The van der Waals surface area contributed by atoms with E-state index in [4.69, 9.17) is 5.11 Å². The summed E-state index contributed by atoms with van der Waals surface area (Å²) in [5.41, 5.74) is 2.12. The van der Waals surface area contributed by atoms with Gasteiger partial charge in [0.2, 0.25) is 0 Å². The summed E-state index contributed by atoms with van der Waals surface area (Å²) in [6, 6.07) is 10.0. The van der Waals surface area contributed by atoms with Crippen molar-refractivity contribution in [3.63, 3.8) is 0 Å². The van der Waals surface area contributed by atoms with Crippen LogP contribution in [0.5, 0.6) is 0 Å². The minimum atomic E-state index is -0.964. The number of aryl methyl sites for hydroxylation is 2. The maximum atomic E-state index is 11.0. The standard InChI is InChI=1S/C13H14N2O2/c1-15-9-14-12(13(16)17)11(15)8-7-10-5-3-2-4-6-10/h2-6,9H,7-8H2,1H3,(H,16,17). The highest BCUT2D eigenvalue weighted by Crippen LogP contribution is 2.11. The number of carboxylic acids is 1. The molecule has 2 rings (SSSR count). The Morgan fingerprint density at radius 2 is 2.00 bits per heavy atom. The summed E-state index contributed by atoms with van der Waals surface area (Å²) in [6.07, 6.45) is 3.05. The zero-order chi connectivity index (χ0) is 12.3. The monoisotopic (exact) mass is 230 g/mol. The van der Waals surface area contributed by atoms with Gasteiger partial charge in [-0.25, -0.2) is 9.78 Å². The van der Waals surface area contributed by atoms with Gasteiger partial charge in [-0.2, -0.15) is 0 Å². The van der Waals surface area contributed by atoms with Crippen molar-refractivity contribution in [3.8, 4) is 0 Å². The molecule has 0 radical (unpaired) electrons. The molecule has 1 aromatic carbocycles. The number of aromatic nitrogens is 2. The van der Waals surface area contributed by atoms with Crippen LogP contribution in [0.1, 0.15) is 21.7 Å². The van der Waals surface area contributed by atoms with E-state index in [-0.39, 0.29) is 5.69 Å². The first-order valence-electron chi connectivity index (χ1n) is 5.46. The number of rotatable bonds is 4. The van der Waals surface area contributed by atoms with Crippen LogP contribution in [0.25, 0.3) is 0 Å². The Morgan fingerprint density at radius 1 is 1.29 bits per heavy atom. The molecular formula is C13H14N2O2. The minimum absolute atomic E-state index is 0.156. The normalized spacial score (nSPS) is 10.4. The van der Waals surface area contributed by atoms with E-state index in [1.807, 2.05) is 37.4 Å². The Bertz CT molecular complexity index is 517. The molecule has 0 atom stereocenters. The number of aromatic carboxylic acids is 1. The average Bonchev–Trinajstić information content (AvgIpc) is 2.69. The fraction of sp³-hybridized carbons (Fsp3) is 0.231. The fourth-order valence-electron chi connectivity index (χ4n) is 1.84. The molecule has 0 fully saturated rings. The number of nitrogens with zero attached hydrogens (tertiary/aromatic N) is 2. The second kappa shape index (κ2) is 4.82. The number of carbonyl (C=O) groups is 1. The molecule has 0 unspecified atom stereocenters. The van der Waals surface area contributed by atoms with Gasteiger partial charge >= 0.3 is 5.97 Å². The number of benzene rings is 1. The van der Waals surface area contributed by atoms with Crippen LogP contribution >= 0.6 is 0 Å². The third-order valence-corrected chi connectivity index (χ3v) is 2.76. The highest BCUT2D eigenvalue weighted by Gasteiger charge is 2.14. The largest absolute Gasteiger partial charge is 0.476 e. The van der Waals surface area contributed by atoms with Gasteiger partial charge in [0.15, 0.2) is 5.69 Å². The first-order valence-corrected chi connectivity index (χ1v) is 5.46. The van der Waals surface area contributed by atoms with Gasteiger partial charge in [0.05, 0.1) is 12.0 Å². The second-order valence-corrected chi connectivity index (χ2v) is 3.94. The van der Waals surface area contributed by atoms with Crippen LogP contribution in [0, 0.1) is 0 Å². The maximum Gasteiger partial charge on any atom is 0.356 e. The molecule has 0 aliphatic rings. The molecule has 0 aliphatic heterocycles. The molecule has 0 aliphatic carbocycles. The SMILES string of the molecule is Cn1cnc(C(=O)O)c1CCc1ccccc1. The Morgan fingerprint density at radius 3 is 2.65 bits per heavy atom. The molecule has 0 saturated carbocycles. The van der Waals surface area contributed by atoms with E-state index in [1.54, 1.807) is 10.9 Å². The van der Waals surface area contributed by atoms with Crippen LogP contribution in [-0.4, -0.2) is 20.6 Å². The van der Waals surface area contributed by atoms with Crippen LogP contribution in [0.15, 0.2) is 36.7 Å². The zero-order valence-corrected chi connectivity index (χ0v) is 9.63. The van der Waals surface area contributed by atoms with Crippen LogP contribution in [0.4, 0.5) is 0 Å². The van der Waals surface area contributed by atoms with Crippen molar-refractivity contribution < 1.29 is 9.90 Å². The molecule has 2 aromatic rings. The van der Waals surface area contributed by atoms with Crippen molar-refractivity contribution >= 4 is 5.97 Å². The van der Waals surface area contributed by atoms with Crippen molar-refractivity contribution in [2.75, 3.05) is 0 Å². The van der Waals surface area contributed by atoms with Gasteiger partial charge in [0.1, 0.15) is 0 Å². The molecule has 1 heterocycles. The lowest BCUT2D eigenvalue weighted by atomic mass is 10.1. The van der Waals surface area contributed by atoms with E-state index >= 15 is 0 Å². The minimum Gasteiger partial charge on any atom is -0.476 e. The summed E-state index contributed by atoms with van der Waals surface area (Å²) in [4.78, 5) is 14.9. The fourth-order valence-corrected chi connectivity index (χ4v) is 1.84. The molecule has 0 spiro atoms. The summed E-state index contributed by atoms with van der Waals surface area (Å²) in [5.74, 6) is -0.964. The number of imidazole rings is 1. The van der Waals surface area contributed by atoms with Crippen LogP contribution in [0.2, 0.25) is 0 Å². The van der Waals surface area contributed by atoms with Crippen molar-refractivity contribution in [1.29, 1.82) is 0 Å². The van der Waals surface area contributed by atoms with E-state index in [2.05, 4.69) is 4.98 Å². The summed E-state index contributed by atoms with van der Waals surface area (Å²) >= 11 is 0. The highest BCUT2D eigenvalue weighted by molar-refractivity contribution is 5.86. The molecule has 88 valence electrons. The molecule has 4 nitrogen and oxygen atoms in total. The van der Waals surface area contributed by atoms with Crippen molar-refractivity contribution in [2.24, 2.45) is 7.05 Å². The van der Waals surface area contributed by atoms with Gasteiger partial charge in [-0.3, -0.25) is 0 Å².